The van der Waals surface area contributed by atoms with E-state index in [1.165, 1.54) is 28.9 Å². The average Bonchev–Trinajstić information content (AvgIpc) is 2.88. The fraction of sp³-hybridized carbons (Fsp3) is 0.273. The van der Waals surface area contributed by atoms with Crippen LogP contribution in [0.1, 0.15) is 47.5 Å². The van der Waals surface area contributed by atoms with Crippen molar-refractivity contribution in [2.24, 2.45) is 0 Å². The van der Waals surface area contributed by atoms with Crippen LogP contribution in [0.25, 0.3) is 21.9 Å². The van der Waals surface area contributed by atoms with Crippen LogP contribution < -0.4 is 20.7 Å². The Labute approximate surface area is 228 Å². The van der Waals surface area contributed by atoms with Crippen molar-refractivity contribution in [2.45, 2.75) is 47.5 Å². The highest BCUT2D eigenvalue weighted by Gasteiger charge is 2.01. The Kier molecular flexibility index (Phi) is 10.9. The Morgan fingerprint density at radius 2 is 1.10 bits per heavy atom. The molecule has 0 aliphatic heterocycles. The molecule has 0 spiro atoms. The molecule has 0 atom stereocenters. The zero-order chi connectivity index (χ0) is 28.2. The van der Waals surface area contributed by atoms with Gasteiger partial charge in [-0.05, 0) is 96.0 Å². The highest BCUT2D eigenvalue weighted by molar-refractivity contribution is 5.78. The molecule has 4 rings (SSSR count). The number of hydrogen-bond acceptors (Lipinski definition) is 6. The summed E-state index contributed by atoms with van der Waals surface area (Å²) in [5.41, 5.74) is 4.27. The Hall–Kier alpha value is -4.32. The highest BCUT2D eigenvalue weighted by atomic mass is 16.5. The number of fused-ring (bicyclic) bond motifs is 2. The van der Waals surface area contributed by atoms with E-state index < -0.39 is 0 Å². The summed E-state index contributed by atoms with van der Waals surface area (Å²) in [6.45, 7) is 11.4. The van der Waals surface area contributed by atoms with E-state index in [1.54, 1.807) is 24.3 Å². The van der Waals surface area contributed by atoms with E-state index in [0.29, 0.717) is 35.9 Å². The maximum atomic E-state index is 11.2. The topological polar surface area (TPSA) is 78.9 Å². The summed E-state index contributed by atoms with van der Waals surface area (Å²) in [5, 5.41) is 1.78. The van der Waals surface area contributed by atoms with E-state index in [9.17, 15) is 9.59 Å². The minimum absolute atomic E-state index is 0.348. The lowest BCUT2D eigenvalue weighted by atomic mass is 10.1. The van der Waals surface area contributed by atoms with E-state index in [4.69, 9.17) is 18.3 Å². The second kappa shape index (κ2) is 14.6. The van der Waals surface area contributed by atoms with E-state index in [2.05, 4.69) is 32.9 Å². The lowest BCUT2D eigenvalue weighted by molar-refractivity contribution is 0.361. The van der Waals surface area contributed by atoms with Crippen LogP contribution in [0.5, 0.6) is 11.5 Å². The molecule has 0 saturated heterocycles. The zero-order valence-corrected chi connectivity index (χ0v) is 23.3. The van der Waals surface area contributed by atoms with Gasteiger partial charge in [-0.1, -0.05) is 22.8 Å². The van der Waals surface area contributed by atoms with E-state index in [-0.39, 0.29) is 11.3 Å². The largest absolute Gasteiger partial charge is 0.489 e. The number of rotatable bonds is 9. The summed E-state index contributed by atoms with van der Waals surface area (Å²) < 4.78 is 21.5. The van der Waals surface area contributed by atoms with Gasteiger partial charge in [0.05, 0.1) is 0 Å². The third-order valence-electron chi connectivity index (χ3n) is 5.70. The zero-order valence-electron chi connectivity index (χ0n) is 23.3. The molecule has 204 valence electrons. The Morgan fingerprint density at radius 3 is 1.59 bits per heavy atom. The molecule has 4 aromatic rings. The van der Waals surface area contributed by atoms with E-state index in [1.807, 2.05) is 44.2 Å². The highest BCUT2D eigenvalue weighted by Crippen LogP contribution is 2.20. The molecule has 0 N–H and O–H groups in total. The van der Waals surface area contributed by atoms with Gasteiger partial charge in [0, 0.05) is 35.0 Å². The first-order valence-electron chi connectivity index (χ1n) is 13.0. The summed E-state index contributed by atoms with van der Waals surface area (Å²) in [7, 11) is 0. The fourth-order valence-corrected chi connectivity index (χ4v) is 3.54. The molecule has 6 heteroatoms. The molecule has 0 radical (unpaired) electrons. The first-order valence-corrected chi connectivity index (χ1v) is 13.0. The second-order valence-electron chi connectivity index (χ2n) is 9.68. The molecule has 0 saturated carbocycles. The van der Waals surface area contributed by atoms with Crippen LogP contribution in [0.4, 0.5) is 0 Å². The van der Waals surface area contributed by atoms with Gasteiger partial charge in [0.15, 0.2) is 0 Å². The molecule has 39 heavy (non-hydrogen) atoms. The van der Waals surface area contributed by atoms with Crippen molar-refractivity contribution in [3.8, 4) is 11.5 Å². The van der Waals surface area contributed by atoms with Crippen molar-refractivity contribution < 1.29 is 18.3 Å². The summed E-state index contributed by atoms with van der Waals surface area (Å²) >= 11 is 0. The van der Waals surface area contributed by atoms with Gasteiger partial charge in [-0.15, -0.1) is 0 Å². The van der Waals surface area contributed by atoms with Crippen LogP contribution in [-0.4, -0.2) is 13.2 Å². The van der Waals surface area contributed by atoms with Crippen molar-refractivity contribution >= 4 is 21.9 Å². The van der Waals surface area contributed by atoms with Crippen LogP contribution in [-0.2, 0) is 0 Å². The van der Waals surface area contributed by atoms with Crippen LogP contribution in [0, 0.1) is 0 Å². The van der Waals surface area contributed by atoms with E-state index in [0.717, 1.165) is 23.6 Å². The van der Waals surface area contributed by atoms with Crippen LogP contribution >= 0.6 is 0 Å². The summed E-state index contributed by atoms with van der Waals surface area (Å²) in [4.78, 5) is 22.3. The second-order valence-corrected chi connectivity index (χ2v) is 9.68. The maximum Gasteiger partial charge on any atom is 0.336 e. The third-order valence-corrected chi connectivity index (χ3v) is 5.70. The van der Waals surface area contributed by atoms with Crippen LogP contribution in [0.2, 0.25) is 0 Å². The number of benzene rings is 2. The molecule has 6 nitrogen and oxygen atoms in total. The minimum atomic E-state index is -0.348. The van der Waals surface area contributed by atoms with Crippen molar-refractivity contribution in [3.63, 3.8) is 0 Å². The van der Waals surface area contributed by atoms with Gasteiger partial charge >= 0.3 is 11.3 Å². The minimum Gasteiger partial charge on any atom is -0.489 e. The molecular formula is C33H36O6. The van der Waals surface area contributed by atoms with Crippen molar-refractivity contribution in [2.75, 3.05) is 13.2 Å². The third kappa shape index (κ3) is 10.2. The predicted molar refractivity (Wildman–Crippen MR) is 158 cm³/mol. The standard InChI is InChI=1S/C19H22O3.C14H14O3/c1-14(2)5-4-6-15(3)11-12-21-17-9-7-16-8-10-19(20)22-18(16)13-17;1-10(2)7-8-16-12-5-3-11-4-6-14(15)17-13(11)9-12/h5,7-11,13H,4,6,12H2,1-3H3;3-7,9H,8H2,1-2H3/b15-11+;. The van der Waals surface area contributed by atoms with Gasteiger partial charge in [0.2, 0.25) is 0 Å². The first-order chi connectivity index (χ1) is 18.7. The summed E-state index contributed by atoms with van der Waals surface area (Å²) in [5.74, 6) is 1.40. The molecule has 2 aromatic heterocycles. The monoisotopic (exact) mass is 528 g/mol. The van der Waals surface area contributed by atoms with Gasteiger partial charge < -0.3 is 18.3 Å². The first kappa shape index (κ1) is 29.2. The molecule has 0 aliphatic carbocycles. The molecule has 2 heterocycles. The number of allylic oxidation sites excluding steroid dienone is 4. The van der Waals surface area contributed by atoms with Gasteiger partial charge in [-0.25, -0.2) is 9.59 Å². The lowest BCUT2D eigenvalue weighted by Crippen LogP contribution is -1.97. The normalized spacial score (nSPS) is 10.9. The van der Waals surface area contributed by atoms with E-state index >= 15 is 0 Å². The summed E-state index contributed by atoms with van der Waals surface area (Å²) in [6, 6.07) is 17.3. The van der Waals surface area contributed by atoms with Gasteiger partial charge in [-0.3, -0.25) is 0 Å². The molecular weight excluding hydrogens is 492 g/mol. The van der Waals surface area contributed by atoms with Crippen molar-refractivity contribution in [1.82, 2.24) is 0 Å². The molecule has 0 aliphatic rings. The van der Waals surface area contributed by atoms with Crippen molar-refractivity contribution in [3.05, 3.63) is 116 Å². The number of ether oxygens (including phenoxy) is 2. The van der Waals surface area contributed by atoms with Gasteiger partial charge in [0.1, 0.15) is 35.9 Å². The molecule has 0 unspecified atom stereocenters. The molecule has 2 aromatic carbocycles. The molecule has 0 amide bonds. The quantitative estimate of drug-likeness (QED) is 0.162. The van der Waals surface area contributed by atoms with Crippen LogP contribution in [0.15, 0.2) is 114 Å². The Morgan fingerprint density at radius 1 is 0.641 bits per heavy atom. The smallest absolute Gasteiger partial charge is 0.336 e. The summed E-state index contributed by atoms with van der Waals surface area (Å²) in [6.07, 6.45) is 8.42. The molecule has 0 fully saturated rings. The maximum absolute atomic E-state index is 11.2. The predicted octanol–water partition coefficient (Wildman–Crippen LogP) is 8.00. The van der Waals surface area contributed by atoms with Crippen LogP contribution in [0.3, 0.4) is 0 Å². The Balaban J connectivity index is 0.000000223. The lowest BCUT2D eigenvalue weighted by Gasteiger charge is -2.05. The van der Waals surface area contributed by atoms with Gasteiger partial charge in [-0.2, -0.15) is 0 Å². The van der Waals surface area contributed by atoms with Crippen molar-refractivity contribution in [1.29, 1.82) is 0 Å². The van der Waals surface area contributed by atoms with Gasteiger partial charge in [0.25, 0.3) is 0 Å². The SMILES string of the molecule is CC(C)=CCC/C(C)=C/COc1ccc2ccc(=O)oc2c1.CC(C)=CCOc1ccc2ccc(=O)oc2c1. The number of hydrogen-bond donors (Lipinski definition) is 0. The Bertz CT molecular complexity index is 1590. The fourth-order valence-electron chi connectivity index (χ4n) is 3.54. The average molecular weight is 529 g/mol. The molecule has 0 bridgehead atoms.